The molecule has 2 heterocycles. The fourth-order valence-electron chi connectivity index (χ4n) is 1.41. The third-order valence-corrected chi connectivity index (χ3v) is 4.84. The number of alkyl halides is 3. The Kier molecular flexibility index (Phi) is 4.02. The number of hydrogen-bond acceptors (Lipinski definition) is 6. The molecule has 0 radical (unpaired) electrons. The van der Waals surface area contributed by atoms with Crippen LogP contribution in [0.3, 0.4) is 0 Å². The molecule has 0 aromatic carbocycles. The first-order chi connectivity index (χ1) is 9.10. The molecule has 0 saturated carbocycles. The van der Waals surface area contributed by atoms with Gasteiger partial charge in [-0.3, -0.25) is 0 Å². The highest BCUT2D eigenvalue weighted by molar-refractivity contribution is 8.14. The summed E-state index contributed by atoms with van der Waals surface area (Å²) in [4.78, 5) is 9.68. The lowest BCUT2D eigenvalue weighted by molar-refractivity contribution is -0.184. The first-order valence-electron chi connectivity index (χ1n) is 5.06. The molecule has 0 N–H and O–H groups in total. The number of hydrogen-bond donors (Lipinski definition) is 0. The molecule has 1 atom stereocenters. The SMILES string of the molecule is O=C(OC1CCO1)c1scc(C(F)(F)F)c1S(=O)(=O)Cl. The van der Waals surface area contributed by atoms with Gasteiger partial charge >= 0.3 is 12.1 Å². The highest BCUT2D eigenvalue weighted by Crippen LogP contribution is 2.41. The van der Waals surface area contributed by atoms with Crippen LogP contribution in [0.2, 0.25) is 0 Å². The average Bonchev–Trinajstić information content (AvgIpc) is 2.66. The summed E-state index contributed by atoms with van der Waals surface area (Å²) in [6, 6.07) is 0. The van der Waals surface area contributed by atoms with Crippen LogP contribution in [0.1, 0.15) is 21.7 Å². The van der Waals surface area contributed by atoms with E-state index < -0.39 is 42.8 Å². The summed E-state index contributed by atoms with van der Waals surface area (Å²) in [5.74, 6) is -1.21. The van der Waals surface area contributed by atoms with Gasteiger partial charge in [0.25, 0.3) is 9.05 Å². The van der Waals surface area contributed by atoms with Crippen molar-refractivity contribution in [2.75, 3.05) is 6.61 Å². The van der Waals surface area contributed by atoms with Gasteiger partial charge in [0.05, 0.1) is 12.2 Å². The minimum Gasteiger partial charge on any atom is -0.431 e. The van der Waals surface area contributed by atoms with Gasteiger partial charge in [-0.15, -0.1) is 11.3 Å². The first kappa shape index (κ1) is 15.5. The van der Waals surface area contributed by atoms with E-state index in [0.29, 0.717) is 29.7 Å². The van der Waals surface area contributed by atoms with Crippen LogP contribution < -0.4 is 0 Å². The Bertz CT molecular complexity index is 632. The fourth-order valence-corrected chi connectivity index (χ4v) is 4.16. The van der Waals surface area contributed by atoms with Gasteiger partial charge in [-0.1, -0.05) is 0 Å². The maximum Gasteiger partial charge on any atom is 0.418 e. The van der Waals surface area contributed by atoms with Crippen molar-refractivity contribution in [3.63, 3.8) is 0 Å². The Morgan fingerprint density at radius 2 is 2.10 bits per heavy atom. The van der Waals surface area contributed by atoms with E-state index in [9.17, 15) is 26.4 Å². The molecule has 1 aliphatic heterocycles. The predicted molar refractivity (Wildman–Crippen MR) is 62.1 cm³/mol. The molecule has 1 unspecified atom stereocenters. The molecule has 1 aromatic heterocycles. The van der Waals surface area contributed by atoms with Crippen LogP contribution in [0.25, 0.3) is 0 Å². The first-order valence-corrected chi connectivity index (χ1v) is 8.25. The molecule has 20 heavy (non-hydrogen) atoms. The van der Waals surface area contributed by atoms with Crippen molar-refractivity contribution in [2.45, 2.75) is 23.8 Å². The highest BCUT2D eigenvalue weighted by atomic mass is 35.7. The van der Waals surface area contributed by atoms with E-state index >= 15 is 0 Å². The molecule has 112 valence electrons. The fraction of sp³-hybridized carbons (Fsp3) is 0.444. The molecule has 0 aliphatic carbocycles. The Labute approximate surface area is 119 Å². The summed E-state index contributed by atoms with van der Waals surface area (Å²) in [7, 11) is 0.232. The Hall–Kier alpha value is -0.840. The van der Waals surface area contributed by atoms with Crippen molar-refractivity contribution in [3.8, 4) is 0 Å². The largest absolute Gasteiger partial charge is 0.431 e. The maximum atomic E-state index is 12.7. The van der Waals surface area contributed by atoms with Gasteiger partial charge in [0.2, 0.25) is 6.29 Å². The number of carbonyl (C=O) groups is 1. The maximum absolute atomic E-state index is 12.7. The third-order valence-electron chi connectivity index (χ3n) is 2.38. The zero-order chi connectivity index (χ0) is 15.1. The summed E-state index contributed by atoms with van der Waals surface area (Å²) in [6.45, 7) is 0.358. The molecule has 11 heteroatoms. The van der Waals surface area contributed by atoms with Gasteiger partial charge < -0.3 is 9.47 Å². The van der Waals surface area contributed by atoms with Crippen molar-refractivity contribution in [3.05, 3.63) is 15.8 Å². The Morgan fingerprint density at radius 3 is 2.50 bits per heavy atom. The van der Waals surface area contributed by atoms with Crippen molar-refractivity contribution in [1.82, 2.24) is 0 Å². The van der Waals surface area contributed by atoms with E-state index in [4.69, 9.17) is 20.2 Å². The van der Waals surface area contributed by atoms with Gasteiger partial charge in [-0.05, 0) is 0 Å². The highest BCUT2D eigenvalue weighted by Gasteiger charge is 2.42. The van der Waals surface area contributed by atoms with Crippen molar-refractivity contribution in [2.24, 2.45) is 0 Å². The second kappa shape index (κ2) is 5.17. The molecule has 2 rings (SSSR count). The summed E-state index contributed by atoms with van der Waals surface area (Å²) in [5, 5.41) is 0.507. The molecular formula is C9H6ClF3O5S2. The second-order valence-electron chi connectivity index (χ2n) is 3.74. The molecule has 0 spiro atoms. The van der Waals surface area contributed by atoms with Crippen LogP contribution in [0.15, 0.2) is 10.3 Å². The zero-order valence-electron chi connectivity index (χ0n) is 9.44. The summed E-state index contributed by atoms with van der Waals surface area (Å²) < 4.78 is 70.2. The molecule has 1 saturated heterocycles. The van der Waals surface area contributed by atoms with Crippen LogP contribution >= 0.6 is 22.0 Å². The molecule has 0 amide bonds. The second-order valence-corrected chi connectivity index (χ2v) is 7.12. The van der Waals surface area contributed by atoms with E-state index in [1.807, 2.05) is 0 Å². The molecule has 1 aliphatic rings. The number of rotatable bonds is 3. The lowest BCUT2D eigenvalue weighted by Gasteiger charge is -2.25. The third kappa shape index (κ3) is 3.08. The van der Waals surface area contributed by atoms with Crippen LogP contribution in [0, 0.1) is 0 Å². The molecule has 5 nitrogen and oxygen atoms in total. The zero-order valence-corrected chi connectivity index (χ0v) is 11.8. The van der Waals surface area contributed by atoms with E-state index in [2.05, 4.69) is 0 Å². The normalized spacial score (nSPS) is 19.5. The number of halogens is 4. The van der Waals surface area contributed by atoms with Gasteiger partial charge in [0.15, 0.2) is 0 Å². The minimum absolute atomic E-state index is 0.301. The lowest BCUT2D eigenvalue weighted by Crippen LogP contribution is -2.32. The number of carbonyl (C=O) groups excluding carboxylic acids is 1. The minimum atomic E-state index is -4.95. The standard InChI is InChI=1S/C9H6ClF3O5S2/c10-20(15,16)7-4(9(11,12)13)3-19-6(7)8(14)18-5-1-2-17-5/h3,5H,1-2H2. The lowest BCUT2D eigenvalue weighted by atomic mass is 10.3. The van der Waals surface area contributed by atoms with Gasteiger partial charge in [0, 0.05) is 22.5 Å². The molecule has 1 aromatic rings. The monoisotopic (exact) mass is 350 g/mol. The van der Waals surface area contributed by atoms with Gasteiger partial charge in [0.1, 0.15) is 9.77 Å². The predicted octanol–water partition coefficient (Wildman–Crippen LogP) is 2.60. The molecule has 1 fully saturated rings. The summed E-state index contributed by atoms with van der Waals surface area (Å²) in [6.07, 6.45) is -5.42. The Balaban J connectivity index is 2.43. The smallest absolute Gasteiger partial charge is 0.418 e. The summed E-state index contributed by atoms with van der Waals surface area (Å²) in [5.41, 5.74) is -1.49. The number of thiophene rings is 1. The van der Waals surface area contributed by atoms with Crippen molar-refractivity contribution < 1.29 is 35.9 Å². The number of esters is 1. The average molecular weight is 351 g/mol. The van der Waals surface area contributed by atoms with Crippen LogP contribution in [0.4, 0.5) is 13.2 Å². The quantitative estimate of drug-likeness (QED) is 0.619. The van der Waals surface area contributed by atoms with E-state index in [-0.39, 0.29) is 0 Å². The van der Waals surface area contributed by atoms with Crippen LogP contribution in [0.5, 0.6) is 0 Å². The summed E-state index contributed by atoms with van der Waals surface area (Å²) >= 11 is 0.301. The molecular weight excluding hydrogens is 345 g/mol. The van der Waals surface area contributed by atoms with Gasteiger partial charge in [-0.2, -0.15) is 13.2 Å². The van der Waals surface area contributed by atoms with Crippen LogP contribution in [-0.4, -0.2) is 27.3 Å². The number of ether oxygens (including phenoxy) is 2. The van der Waals surface area contributed by atoms with E-state index in [1.165, 1.54) is 0 Å². The van der Waals surface area contributed by atoms with Crippen molar-refractivity contribution in [1.29, 1.82) is 0 Å². The Morgan fingerprint density at radius 1 is 1.50 bits per heavy atom. The topological polar surface area (TPSA) is 69.7 Å². The van der Waals surface area contributed by atoms with E-state index in [1.54, 1.807) is 0 Å². The molecule has 0 bridgehead atoms. The van der Waals surface area contributed by atoms with E-state index in [0.717, 1.165) is 0 Å². The van der Waals surface area contributed by atoms with Crippen molar-refractivity contribution >= 4 is 37.0 Å². The van der Waals surface area contributed by atoms with Crippen LogP contribution in [-0.2, 0) is 24.7 Å². The van der Waals surface area contributed by atoms with Gasteiger partial charge in [-0.25, -0.2) is 13.2 Å².